The summed E-state index contributed by atoms with van der Waals surface area (Å²) in [5, 5.41) is 11.5. The largest absolute Gasteiger partial charge is 0.506 e. The normalized spacial score (nSPS) is 11.3. The summed E-state index contributed by atoms with van der Waals surface area (Å²) in [6.45, 7) is 0.0750. The predicted molar refractivity (Wildman–Crippen MR) is 55.4 cm³/mol. The second kappa shape index (κ2) is 5.05. The van der Waals surface area contributed by atoms with Gasteiger partial charge in [-0.25, -0.2) is 0 Å². The number of hydrogen-bond acceptors (Lipinski definition) is 3. The lowest BCUT2D eigenvalue weighted by Gasteiger charge is -2.11. The highest BCUT2D eigenvalue weighted by atomic mass is 19.4. The molecule has 7 heteroatoms. The van der Waals surface area contributed by atoms with Crippen molar-refractivity contribution in [3.63, 3.8) is 0 Å². The number of carbonyl (C=O) groups excluding carboxylic acids is 1. The van der Waals surface area contributed by atoms with Crippen molar-refractivity contribution in [1.29, 1.82) is 0 Å². The van der Waals surface area contributed by atoms with Crippen LogP contribution in [0.15, 0.2) is 18.2 Å². The van der Waals surface area contributed by atoms with Gasteiger partial charge in [-0.05, 0) is 18.2 Å². The van der Waals surface area contributed by atoms with Gasteiger partial charge < -0.3 is 16.2 Å². The number of phenols is 1. The number of alkyl halides is 3. The Morgan fingerprint density at radius 1 is 1.41 bits per heavy atom. The molecule has 0 atom stereocenters. The first-order valence-corrected chi connectivity index (χ1v) is 4.74. The highest BCUT2D eigenvalue weighted by Gasteiger charge is 2.31. The Morgan fingerprint density at radius 3 is 2.59 bits per heavy atom. The lowest BCUT2D eigenvalue weighted by molar-refractivity contribution is -0.137. The maximum Gasteiger partial charge on any atom is 0.416 e. The van der Waals surface area contributed by atoms with E-state index in [-0.39, 0.29) is 18.7 Å². The van der Waals surface area contributed by atoms with E-state index in [1.165, 1.54) is 0 Å². The van der Waals surface area contributed by atoms with E-state index in [9.17, 15) is 23.1 Å². The van der Waals surface area contributed by atoms with Crippen molar-refractivity contribution in [3.05, 3.63) is 23.8 Å². The molecule has 1 rings (SSSR count). The van der Waals surface area contributed by atoms with E-state index in [2.05, 4.69) is 5.32 Å². The number of nitrogens with one attached hydrogen (secondary N) is 1. The molecular formula is C10H11F3N2O2. The molecule has 1 aromatic rings. The van der Waals surface area contributed by atoms with E-state index in [1.54, 1.807) is 0 Å². The number of benzene rings is 1. The molecule has 94 valence electrons. The fourth-order valence-corrected chi connectivity index (χ4v) is 1.16. The Morgan fingerprint density at radius 2 is 2.06 bits per heavy atom. The molecule has 0 unspecified atom stereocenters. The van der Waals surface area contributed by atoms with E-state index in [4.69, 9.17) is 5.73 Å². The number of aromatic hydroxyl groups is 1. The molecule has 0 spiro atoms. The van der Waals surface area contributed by atoms with Crippen molar-refractivity contribution in [2.75, 3.05) is 11.9 Å². The summed E-state index contributed by atoms with van der Waals surface area (Å²) in [7, 11) is 0. The van der Waals surface area contributed by atoms with Gasteiger partial charge in [-0.3, -0.25) is 4.79 Å². The fourth-order valence-electron chi connectivity index (χ4n) is 1.16. The first kappa shape index (κ1) is 13.3. The first-order valence-electron chi connectivity index (χ1n) is 4.74. The average Bonchev–Trinajstić information content (AvgIpc) is 2.20. The Balaban J connectivity index is 2.95. The van der Waals surface area contributed by atoms with E-state index >= 15 is 0 Å². The third kappa shape index (κ3) is 3.63. The molecule has 0 aliphatic carbocycles. The van der Waals surface area contributed by atoms with E-state index in [0.29, 0.717) is 6.07 Å². The molecule has 0 heterocycles. The molecular weight excluding hydrogens is 237 g/mol. The zero-order valence-corrected chi connectivity index (χ0v) is 8.71. The highest BCUT2D eigenvalue weighted by molar-refractivity contribution is 5.92. The van der Waals surface area contributed by atoms with Gasteiger partial charge in [-0.1, -0.05) is 0 Å². The third-order valence-corrected chi connectivity index (χ3v) is 1.97. The molecule has 0 saturated heterocycles. The minimum Gasteiger partial charge on any atom is -0.506 e. The topological polar surface area (TPSA) is 75.4 Å². The van der Waals surface area contributed by atoms with Gasteiger partial charge in [0.1, 0.15) is 5.75 Å². The molecule has 1 amide bonds. The van der Waals surface area contributed by atoms with Crippen molar-refractivity contribution in [2.24, 2.45) is 5.73 Å². The van der Waals surface area contributed by atoms with Crippen LogP contribution in [0.4, 0.5) is 18.9 Å². The average molecular weight is 248 g/mol. The monoisotopic (exact) mass is 248 g/mol. The number of nitrogens with two attached hydrogens (primary N) is 1. The quantitative estimate of drug-likeness (QED) is 0.712. The molecule has 17 heavy (non-hydrogen) atoms. The summed E-state index contributed by atoms with van der Waals surface area (Å²) in [6.07, 6.45) is -4.56. The maximum atomic E-state index is 12.4. The van der Waals surface area contributed by atoms with Crippen LogP contribution in [-0.2, 0) is 11.0 Å². The van der Waals surface area contributed by atoms with Gasteiger partial charge in [-0.2, -0.15) is 13.2 Å². The van der Waals surface area contributed by atoms with Crippen LogP contribution in [-0.4, -0.2) is 17.6 Å². The van der Waals surface area contributed by atoms with Crippen molar-refractivity contribution in [3.8, 4) is 5.75 Å². The number of carbonyl (C=O) groups is 1. The second-order valence-corrected chi connectivity index (χ2v) is 3.32. The highest BCUT2D eigenvalue weighted by Crippen LogP contribution is 2.34. The van der Waals surface area contributed by atoms with Gasteiger partial charge >= 0.3 is 6.18 Å². The number of amides is 1. The third-order valence-electron chi connectivity index (χ3n) is 1.97. The first-order chi connectivity index (χ1) is 7.84. The van der Waals surface area contributed by atoms with Gasteiger partial charge in [0.05, 0.1) is 11.3 Å². The summed E-state index contributed by atoms with van der Waals surface area (Å²) in [5.74, 6) is -0.981. The smallest absolute Gasteiger partial charge is 0.416 e. The standard InChI is InChI=1S/C10H11F3N2O2/c11-10(12,13)6-1-2-8(16)7(5-6)15-9(17)3-4-14/h1-2,5,16H,3-4,14H2,(H,15,17). The lowest BCUT2D eigenvalue weighted by Crippen LogP contribution is -2.16. The second-order valence-electron chi connectivity index (χ2n) is 3.32. The predicted octanol–water partition coefficient (Wildman–Crippen LogP) is 1.70. The molecule has 0 fully saturated rings. The van der Waals surface area contributed by atoms with Gasteiger partial charge in [0, 0.05) is 13.0 Å². The van der Waals surface area contributed by atoms with Crippen LogP contribution in [0, 0.1) is 0 Å². The number of rotatable bonds is 3. The van der Waals surface area contributed by atoms with E-state index in [0.717, 1.165) is 12.1 Å². The molecule has 1 aromatic carbocycles. The molecule has 4 N–H and O–H groups in total. The molecule has 0 aromatic heterocycles. The lowest BCUT2D eigenvalue weighted by atomic mass is 10.1. The zero-order valence-electron chi connectivity index (χ0n) is 8.71. The van der Waals surface area contributed by atoms with E-state index in [1.807, 2.05) is 0 Å². The molecule has 0 aliphatic rings. The van der Waals surface area contributed by atoms with Crippen LogP contribution >= 0.6 is 0 Å². The van der Waals surface area contributed by atoms with Crippen molar-refractivity contribution in [2.45, 2.75) is 12.6 Å². The zero-order chi connectivity index (χ0) is 13.1. The van der Waals surface area contributed by atoms with Crippen molar-refractivity contribution in [1.82, 2.24) is 0 Å². The maximum absolute atomic E-state index is 12.4. The van der Waals surface area contributed by atoms with Gasteiger partial charge in [-0.15, -0.1) is 0 Å². The van der Waals surface area contributed by atoms with Crippen LogP contribution in [0.3, 0.4) is 0 Å². The summed E-state index contributed by atoms with van der Waals surface area (Å²) in [5.41, 5.74) is 3.89. The Labute approximate surface area is 95.2 Å². The molecule has 4 nitrogen and oxygen atoms in total. The minimum absolute atomic E-state index is 0.0321. The molecule has 0 bridgehead atoms. The molecule has 0 aliphatic heterocycles. The SMILES string of the molecule is NCCC(=O)Nc1cc(C(F)(F)F)ccc1O. The van der Waals surface area contributed by atoms with Gasteiger partial charge in [0.25, 0.3) is 0 Å². The van der Waals surface area contributed by atoms with Gasteiger partial charge in [0.15, 0.2) is 0 Å². The van der Waals surface area contributed by atoms with Crippen LogP contribution in [0.25, 0.3) is 0 Å². The van der Waals surface area contributed by atoms with E-state index < -0.39 is 23.4 Å². The summed E-state index contributed by atoms with van der Waals surface area (Å²) in [4.78, 5) is 11.1. The number of hydrogen-bond donors (Lipinski definition) is 3. The van der Waals surface area contributed by atoms with Crippen LogP contribution in [0.5, 0.6) is 5.75 Å². The van der Waals surface area contributed by atoms with Crippen LogP contribution in [0.1, 0.15) is 12.0 Å². The van der Waals surface area contributed by atoms with Crippen LogP contribution in [0.2, 0.25) is 0 Å². The van der Waals surface area contributed by atoms with Crippen LogP contribution < -0.4 is 11.1 Å². The Bertz CT molecular complexity index is 419. The fraction of sp³-hybridized carbons (Fsp3) is 0.300. The Hall–Kier alpha value is -1.76. The number of phenolic OH excluding ortho intramolecular Hbond substituents is 1. The van der Waals surface area contributed by atoms with Crippen molar-refractivity contribution >= 4 is 11.6 Å². The summed E-state index contributed by atoms with van der Waals surface area (Å²) >= 11 is 0. The molecule has 0 radical (unpaired) electrons. The van der Waals surface area contributed by atoms with Crippen molar-refractivity contribution < 1.29 is 23.1 Å². The summed E-state index contributed by atoms with van der Waals surface area (Å²) in [6, 6.07) is 2.28. The Kier molecular flexibility index (Phi) is 3.95. The summed E-state index contributed by atoms with van der Waals surface area (Å²) < 4.78 is 37.1. The van der Waals surface area contributed by atoms with Gasteiger partial charge in [0.2, 0.25) is 5.91 Å². The number of anilines is 1. The number of halogens is 3. The minimum atomic E-state index is -4.53. The molecule has 0 saturated carbocycles.